The number of nitrogens with one attached hydrogen (secondary N) is 1. The largest absolute Gasteiger partial charge is 0.445 e. The molecule has 1 N–H and O–H groups in total. The number of hydrogen-bond acceptors (Lipinski definition) is 4. The summed E-state index contributed by atoms with van der Waals surface area (Å²) >= 11 is 0. The number of amides is 1. The summed E-state index contributed by atoms with van der Waals surface area (Å²) in [7, 11) is 0. The minimum absolute atomic E-state index is 0.173. The third-order valence-electron chi connectivity index (χ3n) is 3.01. The van der Waals surface area contributed by atoms with E-state index < -0.39 is 0 Å². The smallest absolute Gasteiger partial charge is 0.252 e. The van der Waals surface area contributed by atoms with E-state index in [4.69, 9.17) is 4.42 Å². The fraction of sp³-hybridized carbons (Fsp3) is 0.0625. The zero-order valence-electron chi connectivity index (χ0n) is 11.2. The second kappa shape index (κ2) is 6.00. The van der Waals surface area contributed by atoms with E-state index in [1.54, 1.807) is 24.7 Å². The minimum Gasteiger partial charge on any atom is -0.445 e. The van der Waals surface area contributed by atoms with E-state index in [1.165, 1.54) is 6.26 Å². The van der Waals surface area contributed by atoms with Gasteiger partial charge in [-0.05, 0) is 23.8 Å². The number of nitrogens with zero attached hydrogens (tertiary/aromatic N) is 2. The minimum atomic E-state index is -0.173. The maximum atomic E-state index is 12.3. The van der Waals surface area contributed by atoms with Gasteiger partial charge in [-0.15, -0.1) is 0 Å². The van der Waals surface area contributed by atoms with Crippen molar-refractivity contribution in [2.75, 3.05) is 0 Å². The molecule has 0 aliphatic heterocycles. The van der Waals surface area contributed by atoms with Crippen LogP contribution < -0.4 is 5.32 Å². The highest BCUT2D eigenvalue weighted by Crippen LogP contribution is 2.21. The fourth-order valence-electron chi connectivity index (χ4n) is 2.00. The van der Waals surface area contributed by atoms with Crippen LogP contribution in [0.3, 0.4) is 0 Å². The lowest BCUT2D eigenvalue weighted by molar-refractivity contribution is 0.0951. The van der Waals surface area contributed by atoms with E-state index >= 15 is 0 Å². The average molecular weight is 279 g/mol. The highest BCUT2D eigenvalue weighted by atomic mass is 16.3. The van der Waals surface area contributed by atoms with E-state index in [0.717, 1.165) is 5.56 Å². The Kier molecular flexibility index (Phi) is 3.73. The highest BCUT2D eigenvalue weighted by Gasteiger charge is 2.14. The van der Waals surface area contributed by atoms with Gasteiger partial charge in [0.1, 0.15) is 6.26 Å². The first-order valence-electron chi connectivity index (χ1n) is 6.50. The zero-order chi connectivity index (χ0) is 14.5. The van der Waals surface area contributed by atoms with Gasteiger partial charge in [-0.1, -0.05) is 18.2 Å². The molecule has 0 atom stereocenters. The van der Waals surface area contributed by atoms with Crippen LogP contribution in [0.15, 0.2) is 65.7 Å². The summed E-state index contributed by atoms with van der Waals surface area (Å²) in [5.41, 5.74) is 2.15. The molecule has 0 radical (unpaired) electrons. The lowest BCUT2D eigenvalue weighted by Crippen LogP contribution is -2.23. The van der Waals surface area contributed by atoms with Crippen molar-refractivity contribution in [1.29, 1.82) is 0 Å². The Bertz CT molecular complexity index is 724. The van der Waals surface area contributed by atoms with Gasteiger partial charge in [0.05, 0.1) is 11.8 Å². The van der Waals surface area contributed by atoms with Crippen LogP contribution in [0.25, 0.3) is 11.5 Å². The molecule has 3 rings (SSSR count). The quantitative estimate of drug-likeness (QED) is 0.797. The number of carbonyl (C=O) groups is 1. The maximum absolute atomic E-state index is 12.3. The summed E-state index contributed by atoms with van der Waals surface area (Å²) < 4.78 is 5.27. The van der Waals surface area contributed by atoms with Crippen LogP contribution in [-0.2, 0) is 6.54 Å². The van der Waals surface area contributed by atoms with Gasteiger partial charge >= 0.3 is 0 Å². The number of hydrogen-bond donors (Lipinski definition) is 1. The first kappa shape index (κ1) is 13.1. The SMILES string of the molecule is O=C(NCc1cccnc1)c1ccccc1-c1ncco1. The van der Waals surface area contributed by atoms with Gasteiger partial charge in [-0.25, -0.2) is 4.98 Å². The van der Waals surface area contributed by atoms with Crippen molar-refractivity contribution >= 4 is 5.91 Å². The molecule has 5 heteroatoms. The first-order valence-corrected chi connectivity index (χ1v) is 6.50. The van der Waals surface area contributed by atoms with Crippen LogP contribution in [0.4, 0.5) is 0 Å². The molecule has 0 aliphatic carbocycles. The number of oxazole rings is 1. The first-order chi connectivity index (χ1) is 10.3. The van der Waals surface area contributed by atoms with Crippen molar-refractivity contribution in [3.63, 3.8) is 0 Å². The zero-order valence-corrected chi connectivity index (χ0v) is 11.2. The number of benzene rings is 1. The van der Waals surface area contributed by atoms with Crippen LogP contribution in [0.5, 0.6) is 0 Å². The van der Waals surface area contributed by atoms with Crippen molar-refractivity contribution in [2.24, 2.45) is 0 Å². The molecule has 5 nitrogen and oxygen atoms in total. The second-order valence-electron chi connectivity index (χ2n) is 4.43. The van der Waals surface area contributed by atoms with Crippen molar-refractivity contribution < 1.29 is 9.21 Å². The Labute approximate surface area is 121 Å². The number of rotatable bonds is 4. The molecule has 0 unspecified atom stereocenters. The molecule has 0 fully saturated rings. The van der Waals surface area contributed by atoms with Crippen LogP contribution in [0, 0.1) is 0 Å². The van der Waals surface area contributed by atoms with E-state index in [2.05, 4.69) is 15.3 Å². The molecule has 0 bridgehead atoms. The number of aromatic nitrogens is 2. The molecule has 0 aliphatic rings. The molecule has 104 valence electrons. The van der Waals surface area contributed by atoms with Gasteiger partial charge < -0.3 is 9.73 Å². The Morgan fingerprint density at radius 1 is 1.14 bits per heavy atom. The standard InChI is InChI=1S/C16H13N3O2/c20-15(19-11-12-4-3-7-17-10-12)13-5-1-2-6-14(13)16-18-8-9-21-16/h1-10H,11H2,(H,19,20). The third kappa shape index (κ3) is 2.97. The van der Waals surface area contributed by atoms with Crippen molar-refractivity contribution in [3.05, 3.63) is 72.4 Å². The Hall–Kier alpha value is -2.95. The van der Waals surface area contributed by atoms with Crippen molar-refractivity contribution in [3.8, 4) is 11.5 Å². The number of pyridine rings is 1. The lowest BCUT2D eigenvalue weighted by Gasteiger charge is -2.08. The molecule has 0 saturated heterocycles. The third-order valence-corrected chi connectivity index (χ3v) is 3.01. The molecular formula is C16H13N3O2. The van der Waals surface area contributed by atoms with Crippen LogP contribution in [0.2, 0.25) is 0 Å². The van der Waals surface area contributed by atoms with Crippen LogP contribution >= 0.6 is 0 Å². The summed E-state index contributed by atoms with van der Waals surface area (Å²) in [6.45, 7) is 0.423. The lowest BCUT2D eigenvalue weighted by atomic mass is 10.1. The predicted molar refractivity (Wildman–Crippen MR) is 77.3 cm³/mol. The highest BCUT2D eigenvalue weighted by molar-refractivity contribution is 5.99. The molecule has 1 amide bonds. The van der Waals surface area contributed by atoms with Gasteiger partial charge in [-0.3, -0.25) is 9.78 Å². The van der Waals surface area contributed by atoms with E-state index in [-0.39, 0.29) is 5.91 Å². The second-order valence-corrected chi connectivity index (χ2v) is 4.43. The average Bonchev–Trinajstić information content (AvgIpc) is 3.08. The van der Waals surface area contributed by atoms with E-state index in [9.17, 15) is 4.79 Å². The predicted octanol–water partition coefficient (Wildman–Crippen LogP) is 2.67. The maximum Gasteiger partial charge on any atom is 0.252 e. The topological polar surface area (TPSA) is 68.0 Å². The van der Waals surface area contributed by atoms with E-state index in [0.29, 0.717) is 23.6 Å². The van der Waals surface area contributed by atoms with Crippen LogP contribution in [-0.4, -0.2) is 15.9 Å². The summed E-state index contributed by atoms with van der Waals surface area (Å²) in [5, 5.41) is 2.87. The van der Waals surface area contributed by atoms with Gasteiger partial charge in [0, 0.05) is 24.5 Å². The summed E-state index contributed by atoms with van der Waals surface area (Å²) in [4.78, 5) is 20.4. The molecule has 1 aromatic carbocycles. The number of carbonyl (C=O) groups excluding carboxylic acids is 1. The molecule has 2 aromatic heterocycles. The molecule has 0 saturated carbocycles. The fourth-order valence-corrected chi connectivity index (χ4v) is 2.00. The van der Waals surface area contributed by atoms with Gasteiger partial charge in [-0.2, -0.15) is 0 Å². The van der Waals surface area contributed by atoms with Crippen molar-refractivity contribution in [1.82, 2.24) is 15.3 Å². The van der Waals surface area contributed by atoms with Gasteiger partial charge in [0.2, 0.25) is 5.89 Å². The Balaban J connectivity index is 1.79. The Morgan fingerprint density at radius 3 is 2.81 bits per heavy atom. The van der Waals surface area contributed by atoms with E-state index in [1.807, 2.05) is 30.3 Å². The monoisotopic (exact) mass is 279 g/mol. The molecule has 21 heavy (non-hydrogen) atoms. The summed E-state index contributed by atoms with van der Waals surface area (Å²) in [5.74, 6) is 0.259. The molecule has 2 heterocycles. The van der Waals surface area contributed by atoms with Gasteiger partial charge in [0.15, 0.2) is 0 Å². The van der Waals surface area contributed by atoms with Crippen molar-refractivity contribution in [2.45, 2.75) is 6.54 Å². The van der Waals surface area contributed by atoms with Crippen LogP contribution in [0.1, 0.15) is 15.9 Å². The molecule has 3 aromatic rings. The summed E-state index contributed by atoms with van der Waals surface area (Å²) in [6.07, 6.45) is 6.46. The Morgan fingerprint density at radius 2 is 2.05 bits per heavy atom. The molecular weight excluding hydrogens is 266 g/mol. The van der Waals surface area contributed by atoms with Gasteiger partial charge in [0.25, 0.3) is 5.91 Å². The molecule has 0 spiro atoms. The normalized spacial score (nSPS) is 10.3. The summed E-state index contributed by atoms with van der Waals surface area (Å²) in [6, 6.07) is 11.0.